The van der Waals surface area contributed by atoms with Gasteiger partial charge >= 0.3 is 6.01 Å². The first kappa shape index (κ1) is 19.9. The average molecular weight is 428 g/mol. The lowest BCUT2D eigenvalue weighted by atomic mass is 10.1. The van der Waals surface area contributed by atoms with Crippen LogP contribution in [-0.2, 0) is 4.79 Å². The Morgan fingerprint density at radius 1 is 0.938 bits per heavy atom. The maximum absolute atomic E-state index is 13.0. The number of nitrogens with zero attached hydrogens (tertiary/aromatic N) is 4. The predicted octanol–water partition coefficient (Wildman–Crippen LogP) is 4.39. The second-order valence-corrected chi connectivity index (χ2v) is 7.66. The highest BCUT2D eigenvalue weighted by Crippen LogP contribution is 2.24. The number of amides is 1. The van der Waals surface area contributed by atoms with Gasteiger partial charge in [-0.3, -0.25) is 4.79 Å². The molecule has 4 aromatic rings. The molecule has 0 spiro atoms. The van der Waals surface area contributed by atoms with Gasteiger partial charge < -0.3 is 14.3 Å². The molecule has 0 saturated carbocycles. The maximum atomic E-state index is 13.0. The van der Waals surface area contributed by atoms with E-state index in [-0.39, 0.29) is 11.7 Å². The molecular weight excluding hydrogens is 407 g/mol. The highest BCUT2D eigenvalue weighted by atomic mass is 19.1. The van der Waals surface area contributed by atoms with E-state index in [2.05, 4.69) is 22.3 Å². The van der Waals surface area contributed by atoms with E-state index in [1.54, 1.807) is 23.1 Å². The molecule has 6 nitrogen and oxygen atoms in total. The van der Waals surface area contributed by atoms with Crippen LogP contribution in [-0.4, -0.2) is 47.1 Å². The summed E-state index contributed by atoms with van der Waals surface area (Å²) in [4.78, 5) is 20.8. The fraction of sp³-hybridized carbons (Fsp3) is 0.160. The van der Waals surface area contributed by atoms with Crippen molar-refractivity contribution in [2.75, 3.05) is 31.1 Å². The monoisotopic (exact) mass is 428 g/mol. The van der Waals surface area contributed by atoms with Crippen LogP contribution >= 0.6 is 0 Å². The Balaban J connectivity index is 1.21. The summed E-state index contributed by atoms with van der Waals surface area (Å²) in [5.74, 6) is 0.178. The third kappa shape index (κ3) is 4.23. The summed E-state index contributed by atoms with van der Waals surface area (Å²) >= 11 is 0. The number of carbonyl (C=O) groups is 1. The van der Waals surface area contributed by atoms with Gasteiger partial charge in [-0.2, -0.15) is 4.98 Å². The molecule has 160 valence electrons. The first-order chi connectivity index (χ1) is 15.7. The van der Waals surface area contributed by atoms with Gasteiger partial charge in [0.25, 0.3) is 0 Å². The number of anilines is 1. The van der Waals surface area contributed by atoms with Crippen molar-refractivity contribution in [1.82, 2.24) is 15.0 Å². The summed E-state index contributed by atoms with van der Waals surface area (Å²) in [6.07, 6.45) is 3.22. The van der Waals surface area contributed by atoms with Crippen LogP contribution in [0.3, 0.4) is 0 Å². The number of fused-ring (bicyclic) bond motifs is 1. The normalized spacial score (nSPS) is 14.4. The largest absolute Gasteiger partial charge is 0.336 e. The Morgan fingerprint density at radius 2 is 1.69 bits per heavy atom. The minimum Gasteiger partial charge on any atom is -0.336 e. The number of benzene rings is 3. The number of aromatic nitrogens is 2. The molecule has 0 N–H and O–H groups in total. The Hall–Kier alpha value is -4.00. The summed E-state index contributed by atoms with van der Waals surface area (Å²) in [5, 5.41) is 6.43. The SMILES string of the molecule is O=C(/C=C/c1ccc(F)cc1)N1CCN(c2nc(-c3ccc4ccccc4c3)no2)CC1. The van der Waals surface area contributed by atoms with Crippen molar-refractivity contribution in [2.45, 2.75) is 0 Å². The first-order valence-corrected chi connectivity index (χ1v) is 10.5. The van der Waals surface area contributed by atoms with Crippen LogP contribution in [0.15, 0.2) is 77.3 Å². The standard InChI is InChI=1S/C25H21FN4O2/c26-22-10-5-18(6-11-22)7-12-23(31)29-13-15-30(16-14-29)25-27-24(28-32-25)21-9-8-19-3-1-2-4-20(19)17-21/h1-12,17H,13-16H2/b12-7+. The van der Waals surface area contributed by atoms with Crippen LogP contribution < -0.4 is 4.90 Å². The molecular formula is C25H21FN4O2. The molecule has 1 aliphatic heterocycles. The minimum atomic E-state index is -0.297. The van der Waals surface area contributed by atoms with Crippen molar-refractivity contribution < 1.29 is 13.7 Å². The number of halogens is 1. The van der Waals surface area contributed by atoms with Crippen molar-refractivity contribution in [2.24, 2.45) is 0 Å². The molecule has 0 radical (unpaired) electrons. The van der Waals surface area contributed by atoms with Gasteiger partial charge in [-0.1, -0.05) is 53.7 Å². The van der Waals surface area contributed by atoms with E-state index < -0.39 is 0 Å². The number of carbonyl (C=O) groups excluding carboxylic acids is 1. The maximum Gasteiger partial charge on any atom is 0.324 e. The molecule has 0 atom stereocenters. The molecule has 1 saturated heterocycles. The van der Waals surface area contributed by atoms with E-state index in [9.17, 15) is 9.18 Å². The number of hydrogen-bond acceptors (Lipinski definition) is 5. The van der Waals surface area contributed by atoms with Gasteiger partial charge in [-0.25, -0.2) is 4.39 Å². The number of hydrogen-bond donors (Lipinski definition) is 0. The smallest absolute Gasteiger partial charge is 0.324 e. The fourth-order valence-corrected chi connectivity index (χ4v) is 3.75. The van der Waals surface area contributed by atoms with Gasteiger partial charge in [0, 0.05) is 37.8 Å². The van der Waals surface area contributed by atoms with E-state index in [1.807, 2.05) is 35.2 Å². The van der Waals surface area contributed by atoms with Crippen molar-refractivity contribution in [3.05, 3.63) is 84.2 Å². The predicted molar refractivity (Wildman–Crippen MR) is 121 cm³/mol. The zero-order valence-electron chi connectivity index (χ0n) is 17.3. The number of piperazine rings is 1. The van der Waals surface area contributed by atoms with Crippen LogP contribution in [0.4, 0.5) is 10.4 Å². The third-order valence-electron chi connectivity index (χ3n) is 5.57. The molecule has 0 unspecified atom stereocenters. The quantitative estimate of drug-likeness (QED) is 0.451. The molecule has 32 heavy (non-hydrogen) atoms. The lowest BCUT2D eigenvalue weighted by molar-refractivity contribution is -0.126. The van der Waals surface area contributed by atoms with Crippen molar-refractivity contribution in [1.29, 1.82) is 0 Å². The molecule has 1 aliphatic rings. The molecule has 0 aliphatic carbocycles. The van der Waals surface area contributed by atoms with Gasteiger partial charge in [-0.05, 0) is 40.6 Å². The highest BCUT2D eigenvalue weighted by Gasteiger charge is 2.23. The van der Waals surface area contributed by atoms with Crippen LogP contribution in [0.25, 0.3) is 28.2 Å². The van der Waals surface area contributed by atoms with E-state index in [1.165, 1.54) is 18.2 Å². The van der Waals surface area contributed by atoms with E-state index in [0.29, 0.717) is 38.0 Å². The minimum absolute atomic E-state index is 0.0728. The first-order valence-electron chi connectivity index (χ1n) is 10.5. The molecule has 5 rings (SSSR count). The highest BCUT2D eigenvalue weighted by molar-refractivity contribution is 5.92. The summed E-state index contributed by atoms with van der Waals surface area (Å²) in [7, 11) is 0. The van der Waals surface area contributed by atoms with Crippen LogP contribution in [0.1, 0.15) is 5.56 Å². The second-order valence-electron chi connectivity index (χ2n) is 7.66. The fourth-order valence-electron chi connectivity index (χ4n) is 3.75. The molecule has 7 heteroatoms. The molecule has 2 heterocycles. The lowest BCUT2D eigenvalue weighted by Crippen LogP contribution is -2.48. The van der Waals surface area contributed by atoms with Crippen molar-refractivity contribution >= 4 is 28.8 Å². The van der Waals surface area contributed by atoms with E-state index in [0.717, 1.165) is 21.9 Å². The zero-order chi connectivity index (χ0) is 21.9. The number of rotatable bonds is 4. The lowest BCUT2D eigenvalue weighted by Gasteiger charge is -2.32. The van der Waals surface area contributed by atoms with Gasteiger partial charge in [0.2, 0.25) is 11.7 Å². The van der Waals surface area contributed by atoms with Gasteiger partial charge in [0.15, 0.2) is 0 Å². The van der Waals surface area contributed by atoms with E-state index >= 15 is 0 Å². The molecule has 0 bridgehead atoms. The van der Waals surface area contributed by atoms with Crippen molar-refractivity contribution in [3.63, 3.8) is 0 Å². The summed E-state index contributed by atoms with van der Waals surface area (Å²) < 4.78 is 18.5. The van der Waals surface area contributed by atoms with Gasteiger partial charge in [0.1, 0.15) is 5.82 Å². The van der Waals surface area contributed by atoms with Crippen LogP contribution in [0.5, 0.6) is 0 Å². The molecule has 3 aromatic carbocycles. The Bertz CT molecular complexity index is 1270. The topological polar surface area (TPSA) is 62.5 Å². The van der Waals surface area contributed by atoms with Crippen LogP contribution in [0.2, 0.25) is 0 Å². The average Bonchev–Trinajstić information content (AvgIpc) is 3.34. The van der Waals surface area contributed by atoms with Crippen LogP contribution in [0, 0.1) is 5.82 Å². The summed E-state index contributed by atoms with van der Waals surface area (Å²) in [6, 6.07) is 20.7. The molecule has 1 amide bonds. The van der Waals surface area contributed by atoms with E-state index in [4.69, 9.17) is 4.52 Å². The van der Waals surface area contributed by atoms with Gasteiger partial charge in [-0.15, -0.1) is 0 Å². The van der Waals surface area contributed by atoms with Crippen molar-refractivity contribution in [3.8, 4) is 11.4 Å². The van der Waals surface area contributed by atoms with Gasteiger partial charge in [0.05, 0.1) is 0 Å². The Labute approximate surface area is 184 Å². The summed E-state index contributed by atoms with van der Waals surface area (Å²) in [6.45, 7) is 2.32. The zero-order valence-corrected chi connectivity index (χ0v) is 17.3. The summed E-state index contributed by atoms with van der Waals surface area (Å²) in [5.41, 5.74) is 1.68. The Morgan fingerprint density at radius 3 is 2.47 bits per heavy atom. The second kappa shape index (κ2) is 8.63. The molecule has 1 aromatic heterocycles. The molecule has 1 fully saturated rings. The third-order valence-corrected chi connectivity index (χ3v) is 5.57. The Kier molecular flexibility index (Phi) is 5.37.